The van der Waals surface area contributed by atoms with Crippen molar-refractivity contribution in [3.05, 3.63) is 53.6 Å². The second kappa shape index (κ2) is 16.1. The molecule has 1 amide bonds. The van der Waals surface area contributed by atoms with Gasteiger partial charge in [-0.25, -0.2) is 8.42 Å². The van der Waals surface area contributed by atoms with Crippen molar-refractivity contribution in [2.45, 2.75) is 102 Å². The molecular weight excluding hydrogens is 558 g/mol. The van der Waals surface area contributed by atoms with Gasteiger partial charge in [-0.05, 0) is 86.8 Å². The fourth-order valence-corrected chi connectivity index (χ4v) is 8.78. The van der Waals surface area contributed by atoms with Gasteiger partial charge in [-0.3, -0.25) is 4.79 Å². The summed E-state index contributed by atoms with van der Waals surface area (Å²) in [5.74, 6) is -0.640. The van der Waals surface area contributed by atoms with Crippen molar-refractivity contribution in [3.8, 4) is 0 Å². The fraction of sp³-hybridized carbons (Fsp3) is 0.629. The molecule has 1 aliphatic heterocycles. The molecule has 0 spiro atoms. The van der Waals surface area contributed by atoms with Crippen LogP contribution in [0.1, 0.15) is 103 Å². The van der Waals surface area contributed by atoms with Crippen LogP contribution in [0.5, 0.6) is 0 Å². The van der Waals surface area contributed by atoms with Gasteiger partial charge >= 0.3 is 0 Å². The van der Waals surface area contributed by atoms with E-state index in [0.717, 1.165) is 69.4 Å². The first kappa shape index (κ1) is 35.1. The molecule has 3 rings (SSSR count). The molecule has 0 fully saturated rings. The molecule has 0 aromatic heterocycles. The molecule has 1 heterocycles. The third kappa shape index (κ3) is 8.83. The minimum atomic E-state index is -3.67. The SMILES string of the molecule is CCCCC1(CCCC)CS(=O)(=O)c2ccc(N(C)C)cc2[C@@H](c2cccc(NC(=O)CCCCN(CC)CC)c2)[C@H]1O. The van der Waals surface area contributed by atoms with E-state index in [9.17, 15) is 18.3 Å². The highest BCUT2D eigenvalue weighted by Gasteiger charge is 2.49. The number of carbonyl (C=O) groups excluding carboxylic acids is 1. The maximum Gasteiger partial charge on any atom is 0.224 e. The van der Waals surface area contributed by atoms with Gasteiger partial charge in [-0.15, -0.1) is 0 Å². The van der Waals surface area contributed by atoms with Crippen molar-refractivity contribution in [3.63, 3.8) is 0 Å². The van der Waals surface area contributed by atoms with Crippen LogP contribution in [0.4, 0.5) is 11.4 Å². The van der Waals surface area contributed by atoms with Gasteiger partial charge in [0.1, 0.15) is 0 Å². The number of sulfone groups is 1. The van der Waals surface area contributed by atoms with Crippen molar-refractivity contribution in [2.24, 2.45) is 5.41 Å². The predicted octanol–water partition coefficient (Wildman–Crippen LogP) is 6.85. The van der Waals surface area contributed by atoms with Crippen LogP contribution in [0.25, 0.3) is 0 Å². The molecule has 0 aliphatic carbocycles. The normalized spacial score (nSPS) is 19.1. The van der Waals surface area contributed by atoms with E-state index in [2.05, 4.69) is 37.9 Å². The summed E-state index contributed by atoms with van der Waals surface area (Å²) >= 11 is 0. The van der Waals surface area contributed by atoms with Crippen LogP contribution in [0.15, 0.2) is 47.4 Å². The number of aliphatic hydroxyl groups excluding tert-OH is 1. The minimum absolute atomic E-state index is 0.0313. The van der Waals surface area contributed by atoms with Crippen LogP contribution >= 0.6 is 0 Å². The molecule has 2 N–H and O–H groups in total. The van der Waals surface area contributed by atoms with E-state index in [0.29, 0.717) is 35.4 Å². The Hall–Kier alpha value is -2.42. The fourth-order valence-electron chi connectivity index (χ4n) is 6.58. The Kier molecular flexibility index (Phi) is 13.1. The van der Waals surface area contributed by atoms with Gasteiger partial charge in [0.05, 0.1) is 16.8 Å². The van der Waals surface area contributed by atoms with Gasteiger partial charge in [0.25, 0.3) is 0 Å². The summed E-state index contributed by atoms with van der Waals surface area (Å²) < 4.78 is 28.1. The van der Waals surface area contributed by atoms with Crippen LogP contribution in [0.2, 0.25) is 0 Å². The Morgan fingerprint density at radius 1 is 0.953 bits per heavy atom. The van der Waals surface area contributed by atoms with Gasteiger partial charge < -0.3 is 20.2 Å². The standard InChI is InChI=1S/C35H55N3O4S/c1-7-11-21-35(22-12-8-2)26-43(41,42)31-20-19-29(37(5)6)25-30(31)33(34(35)40)27-16-15-17-28(24-27)36-32(39)18-13-14-23-38(9-3)10-4/h15-17,19-20,24-25,33-34,40H,7-14,18,21-23,26H2,1-6H3,(H,36,39)/t33-,34-/m1/s1. The molecule has 2 atom stereocenters. The smallest absolute Gasteiger partial charge is 0.224 e. The molecule has 0 bridgehead atoms. The second-order valence-corrected chi connectivity index (χ2v) is 14.5. The third-order valence-electron chi connectivity index (χ3n) is 9.21. The topological polar surface area (TPSA) is 90.0 Å². The average Bonchev–Trinajstić information content (AvgIpc) is 3.05. The van der Waals surface area contributed by atoms with E-state index >= 15 is 0 Å². The van der Waals surface area contributed by atoms with Crippen LogP contribution in [0.3, 0.4) is 0 Å². The Morgan fingerprint density at radius 2 is 1.63 bits per heavy atom. The van der Waals surface area contributed by atoms with Crippen LogP contribution in [-0.4, -0.2) is 69.9 Å². The lowest BCUT2D eigenvalue weighted by atomic mass is 9.68. The third-order valence-corrected chi connectivity index (χ3v) is 11.2. The number of hydrogen-bond acceptors (Lipinski definition) is 6. The number of benzene rings is 2. The molecular formula is C35H55N3O4S. The molecule has 1 aliphatic rings. The Morgan fingerprint density at radius 3 is 2.23 bits per heavy atom. The number of nitrogens with one attached hydrogen (secondary N) is 1. The molecule has 0 saturated heterocycles. The van der Waals surface area contributed by atoms with Gasteiger partial charge in [-0.2, -0.15) is 0 Å². The molecule has 0 saturated carbocycles. The predicted molar refractivity (Wildman–Crippen MR) is 179 cm³/mol. The van der Waals surface area contributed by atoms with Gasteiger partial charge in [0.15, 0.2) is 9.84 Å². The number of hydrogen-bond donors (Lipinski definition) is 2. The number of anilines is 2. The van der Waals surface area contributed by atoms with E-state index in [4.69, 9.17) is 0 Å². The van der Waals surface area contributed by atoms with E-state index < -0.39 is 27.3 Å². The Bertz CT molecular complexity index is 1280. The first-order chi connectivity index (χ1) is 20.5. The van der Waals surface area contributed by atoms with Gasteiger partial charge in [-0.1, -0.05) is 65.5 Å². The molecule has 2 aromatic rings. The van der Waals surface area contributed by atoms with Gasteiger partial charge in [0.2, 0.25) is 5.91 Å². The van der Waals surface area contributed by atoms with Crippen LogP contribution in [0, 0.1) is 5.41 Å². The highest BCUT2D eigenvalue weighted by Crippen LogP contribution is 2.50. The van der Waals surface area contributed by atoms with Crippen molar-refractivity contribution in [2.75, 3.05) is 49.7 Å². The zero-order valence-electron chi connectivity index (χ0n) is 27.4. The number of rotatable bonds is 16. The lowest BCUT2D eigenvalue weighted by Crippen LogP contribution is -2.43. The lowest BCUT2D eigenvalue weighted by molar-refractivity contribution is -0.116. The molecule has 0 radical (unpaired) electrons. The summed E-state index contributed by atoms with van der Waals surface area (Å²) in [7, 11) is 0.201. The summed E-state index contributed by atoms with van der Waals surface area (Å²) in [5.41, 5.74) is 2.24. The summed E-state index contributed by atoms with van der Waals surface area (Å²) in [4.78, 5) is 17.5. The van der Waals surface area contributed by atoms with E-state index in [1.165, 1.54) is 0 Å². The summed E-state index contributed by atoms with van der Waals surface area (Å²) in [6, 6.07) is 13.2. The molecule has 2 aromatic carbocycles. The first-order valence-electron chi connectivity index (χ1n) is 16.4. The van der Waals surface area contributed by atoms with Gasteiger partial charge in [0, 0.05) is 43.2 Å². The van der Waals surface area contributed by atoms with Crippen LogP contribution in [-0.2, 0) is 14.6 Å². The van der Waals surface area contributed by atoms with E-state index in [-0.39, 0.29) is 11.7 Å². The number of unbranched alkanes of at least 4 members (excludes halogenated alkanes) is 3. The highest BCUT2D eigenvalue weighted by atomic mass is 32.2. The number of aliphatic hydroxyl groups is 1. The summed E-state index contributed by atoms with van der Waals surface area (Å²) in [6.07, 6.45) is 6.21. The number of nitrogens with zero attached hydrogens (tertiary/aromatic N) is 2. The van der Waals surface area contributed by atoms with E-state index in [1.54, 1.807) is 6.07 Å². The zero-order valence-corrected chi connectivity index (χ0v) is 28.2. The number of carbonyl (C=O) groups is 1. The Labute approximate surface area is 261 Å². The van der Waals surface area contributed by atoms with Crippen molar-refractivity contribution in [1.82, 2.24) is 4.90 Å². The minimum Gasteiger partial charge on any atom is -0.392 e. The number of amides is 1. The number of fused-ring (bicyclic) bond motifs is 1. The zero-order chi connectivity index (χ0) is 31.6. The summed E-state index contributed by atoms with van der Waals surface area (Å²) in [6.45, 7) is 11.5. The van der Waals surface area contributed by atoms with Crippen molar-refractivity contribution < 1.29 is 18.3 Å². The van der Waals surface area contributed by atoms with Crippen LogP contribution < -0.4 is 10.2 Å². The lowest BCUT2D eigenvalue weighted by Gasteiger charge is -2.40. The second-order valence-electron chi connectivity index (χ2n) is 12.5. The molecule has 7 nitrogen and oxygen atoms in total. The van der Waals surface area contributed by atoms with Crippen molar-refractivity contribution >= 4 is 27.1 Å². The maximum absolute atomic E-state index is 14.1. The highest BCUT2D eigenvalue weighted by molar-refractivity contribution is 7.91. The summed E-state index contributed by atoms with van der Waals surface area (Å²) in [5, 5.41) is 15.5. The molecule has 0 unspecified atom stereocenters. The Balaban J connectivity index is 2.03. The monoisotopic (exact) mass is 613 g/mol. The van der Waals surface area contributed by atoms with Crippen molar-refractivity contribution in [1.29, 1.82) is 0 Å². The quantitative estimate of drug-likeness (QED) is 0.201. The molecule has 240 valence electrons. The van der Waals surface area contributed by atoms with E-state index in [1.807, 2.05) is 55.4 Å². The molecule has 8 heteroatoms. The average molecular weight is 614 g/mol. The molecule has 43 heavy (non-hydrogen) atoms. The largest absolute Gasteiger partial charge is 0.392 e. The first-order valence-corrected chi connectivity index (χ1v) is 18.0. The maximum atomic E-state index is 14.1.